The molecule has 0 aromatic heterocycles. The summed E-state index contributed by atoms with van der Waals surface area (Å²) >= 11 is 0. The molecule has 1 N–H and O–H groups in total. The Balaban J connectivity index is 0.00000132. The monoisotopic (exact) mass is 370 g/mol. The second-order valence-electron chi connectivity index (χ2n) is 5.43. The van der Waals surface area contributed by atoms with Crippen LogP contribution in [0.15, 0.2) is 18.2 Å². The van der Waals surface area contributed by atoms with Gasteiger partial charge in [-0.05, 0) is 12.5 Å². The Bertz CT molecular complexity index is 514. The van der Waals surface area contributed by atoms with Crippen molar-refractivity contribution in [2.75, 3.05) is 26.2 Å². The number of para-hydroxylation sites is 1. The van der Waals surface area contributed by atoms with Crippen LogP contribution < -0.4 is 14.8 Å². The molecular weight excluding hydrogens is 349 g/mol. The van der Waals surface area contributed by atoms with Crippen molar-refractivity contribution in [3.8, 4) is 11.5 Å². The molecule has 2 aliphatic rings. The summed E-state index contributed by atoms with van der Waals surface area (Å²) in [6, 6.07) is 5.24. The van der Waals surface area contributed by atoms with Crippen molar-refractivity contribution in [2.24, 2.45) is 0 Å². The van der Waals surface area contributed by atoms with Gasteiger partial charge in [-0.25, -0.2) is 0 Å². The first kappa shape index (κ1) is 20.2. The third kappa shape index (κ3) is 4.38. The molecule has 0 aliphatic carbocycles. The quantitative estimate of drug-likeness (QED) is 0.877. The van der Waals surface area contributed by atoms with E-state index in [1.165, 1.54) is 6.07 Å². The lowest BCUT2D eigenvalue weighted by Crippen LogP contribution is -2.45. The zero-order chi connectivity index (χ0) is 14.9. The number of alkyl halides is 2. The van der Waals surface area contributed by atoms with Crippen molar-refractivity contribution >= 4 is 24.8 Å². The smallest absolute Gasteiger partial charge is 0.395 e. The Hall–Kier alpha value is -0.820. The molecule has 1 saturated heterocycles. The SMILES string of the molecule is CCC[C@H](c1cccc2c1OC(F)(F)O2)N1CCNCC1.Cl.Cl. The summed E-state index contributed by atoms with van der Waals surface area (Å²) in [6.45, 7) is 5.76. The van der Waals surface area contributed by atoms with E-state index in [-0.39, 0.29) is 42.4 Å². The fourth-order valence-corrected chi connectivity index (χ4v) is 3.05. The van der Waals surface area contributed by atoms with Gasteiger partial charge in [0.05, 0.1) is 0 Å². The van der Waals surface area contributed by atoms with Gasteiger partial charge in [0.25, 0.3) is 0 Å². The Morgan fingerprint density at radius 1 is 1.22 bits per heavy atom. The molecule has 0 radical (unpaired) electrons. The Kier molecular flexibility index (Phi) is 7.32. The molecule has 4 nitrogen and oxygen atoms in total. The highest BCUT2D eigenvalue weighted by Crippen LogP contribution is 2.46. The van der Waals surface area contributed by atoms with Gasteiger partial charge >= 0.3 is 6.29 Å². The molecule has 0 bridgehead atoms. The molecular formula is C15H22Cl2F2N2O2. The van der Waals surface area contributed by atoms with Crippen LogP contribution in [0.25, 0.3) is 0 Å². The van der Waals surface area contributed by atoms with Crippen LogP contribution in [0.1, 0.15) is 31.4 Å². The number of hydrogen-bond acceptors (Lipinski definition) is 4. The van der Waals surface area contributed by atoms with Crippen molar-refractivity contribution in [1.29, 1.82) is 0 Å². The van der Waals surface area contributed by atoms with Crippen molar-refractivity contribution in [3.63, 3.8) is 0 Å². The fraction of sp³-hybridized carbons (Fsp3) is 0.600. The molecule has 8 heteroatoms. The minimum absolute atomic E-state index is 0. The van der Waals surface area contributed by atoms with Gasteiger partial charge in [0.1, 0.15) is 0 Å². The molecule has 1 aromatic carbocycles. The third-order valence-corrected chi connectivity index (χ3v) is 3.97. The summed E-state index contributed by atoms with van der Waals surface area (Å²) in [5, 5.41) is 3.31. The van der Waals surface area contributed by atoms with Gasteiger partial charge in [-0.1, -0.05) is 25.5 Å². The topological polar surface area (TPSA) is 33.7 Å². The number of piperazine rings is 1. The lowest BCUT2D eigenvalue weighted by molar-refractivity contribution is -0.287. The maximum Gasteiger partial charge on any atom is 0.586 e. The van der Waals surface area contributed by atoms with Crippen molar-refractivity contribution < 1.29 is 18.3 Å². The highest BCUT2D eigenvalue weighted by molar-refractivity contribution is 5.85. The van der Waals surface area contributed by atoms with Crippen LogP contribution in [-0.4, -0.2) is 37.4 Å². The summed E-state index contributed by atoms with van der Waals surface area (Å²) in [7, 11) is 0. The van der Waals surface area contributed by atoms with Crippen molar-refractivity contribution in [1.82, 2.24) is 10.2 Å². The van der Waals surface area contributed by atoms with E-state index in [9.17, 15) is 8.78 Å². The maximum absolute atomic E-state index is 13.3. The molecule has 132 valence electrons. The number of ether oxygens (including phenoxy) is 2. The molecule has 1 fully saturated rings. The summed E-state index contributed by atoms with van der Waals surface area (Å²) in [5.41, 5.74) is 0.799. The molecule has 1 atom stereocenters. The van der Waals surface area contributed by atoms with Gasteiger partial charge < -0.3 is 14.8 Å². The van der Waals surface area contributed by atoms with Crippen LogP contribution in [-0.2, 0) is 0 Å². The largest absolute Gasteiger partial charge is 0.586 e. The standard InChI is InChI=1S/C15H20F2N2O2.2ClH/c1-2-4-12(19-9-7-18-8-10-19)11-5-3-6-13-14(11)21-15(16,17)20-13;;/h3,5-6,12,18H,2,4,7-10H2,1H3;2*1H/t12-;;/m1../s1. The zero-order valence-electron chi connectivity index (χ0n) is 12.9. The minimum atomic E-state index is -3.56. The molecule has 23 heavy (non-hydrogen) atoms. The highest BCUT2D eigenvalue weighted by Gasteiger charge is 2.45. The molecule has 0 amide bonds. The average molecular weight is 371 g/mol. The van der Waals surface area contributed by atoms with E-state index in [2.05, 4.69) is 21.9 Å². The highest BCUT2D eigenvalue weighted by atomic mass is 35.5. The van der Waals surface area contributed by atoms with E-state index < -0.39 is 6.29 Å². The third-order valence-electron chi connectivity index (χ3n) is 3.97. The van der Waals surface area contributed by atoms with Gasteiger partial charge in [-0.3, -0.25) is 4.90 Å². The number of benzene rings is 1. The first-order valence-electron chi connectivity index (χ1n) is 7.44. The second-order valence-corrected chi connectivity index (χ2v) is 5.43. The van der Waals surface area contributed by atoms with Crippen LogP contribution in [0.3, 0.4) is 0 Å². The van der Waals surface area contributed by atoms with E-state index in [1.807, 2.05) is 6.07 Å². The number of halogens is 4. The molecule has 3 rings (SSSR count). The average Bonchev–Trinajstić information content (AvgIpc) is 2.79. The minimum Gasteiger partial charge on any atom is -0.395 e. The molecule has 1 aromatic rings. The van der Waals surface area contributed by atoms with Crippen molar-refractivity contribution in [2.45, 2.75) is 32.1 Å². The number of rotatable bonds is 4. The Morgan fingerprint density at radius 2 is 1.91 bits per heavy atom. The summed E-state index contributed by atoms with van der Waals surface area (Å²) in [6.07, 6.45) is -1.67. The predicted octanol–water partition coefficient (Wildman–Crippen LogP) is 3.60. The van der Waals surface area contributed by atoms with E-state index in [4.69, 9.17) is 4.74 Å². The van der Waals surface area contributed by atoms with Crippen LogP contribution in [0, 0.1) is 0 Å². The number of nitrogens with one attached hydrogen (secondary N) is 1. The van der Waals surface area contributed by atoms with Gasteiger partial charge in [-0.15, -0.1) is 33.6 Å². The number of fused-ring (bicyclic) bond motifs is 1. The summed E-state index contributed by atoms with van der Waals surface area (Å²) in [5.74, 6) is 0.327. The van der Waals surface area contributed by atoms with Gasteiger partial charge in [-0.2, -0.15) is 0 Å². The lowest BCUT2D eigenvalue weighted by Gasteiger charge is -2.35. The van der Waals surface area contributed by atoms with E-state index in [1.54, 1.807) is 6.07 Å². The Labute approximate surface area is 147 Å². The van der Waals surface area contributed by atoms with Crippen LogP contribution in [0.4, 0.5) is 8.78 Å². The van der Waals surface area contributed by atoms with Gasteiger partial charge in [0.15, 0.2) is 11.5 Å². The normalized spacial score (nSPS) is 20.3. The molecule has 0 saturated carbocycles. The van der Waals surface area contributed by atoms with Gasteiger partial charge in [0.2, 0.25) is 0 Å². The second kappa shape index (κ2) is 8.33. The Morgan fingerprint density at radius 3 is 2.57 bits per heavy atom. The van der Waals surface area contributed by atoms with Gasteiger partial charge in [0, 0.05) is 37.8 Å². The predicted molar refractivity (Wildman–Crippen MR) is 89.2 cm³/mol. The molecule has 2 heterocycles. The molecule has 0 spiro atoms. The fourth-order valence-electron chi connectivity index (χ4n) is 3.05. The summed E-state index contributed by atoms with van der Waals surface area (Å²) < 4.78 is 36.0. The van der Waals surface area contributed by atoms with Crippen LogP contribution in [0.2, 0.25) is 0 Å². The summed E-state index contributed by atoms with van der Waals surface area (Å²) in [4.78, 5) is 2.33. The van der Waals surface area contributed by atoms with E-state index in [0.29, 0.717) is 0 Å². The van der Waals surface area contributed by atoms with Crippen molar-refractivity contribution in [3.05, 3.63) is 23.8 Å². The first-order chi connectivity index (χ1) is 10.1. The number of nitrogens with zero attached hydrogens (tertiary/aromatic N) is 1. The van der Waals surface area contributed by atoms with Crippen LogP contribution >= 0.6 is 24.8 Å². The molecule has 2 aliphatic heterocycles. The van der Waals surface area contributed by atoms with E-state index in [0.717, 1.165) is 44.6 Å². The maximum atomic E-state index is 13.3. The number of hydrogen-bond donors (Lipinski definition) is 1. The van der Waals surface area contributed by atoms with Crippen LogP contribution in [0.5, 0.6) is 11.5 Å². The zero-order valence-corrected chi connectivity index (χ0v) is 14.5. The van der Waals surface area contributed by atoms with E-state index >= 15 is 0 Å². The lowest BCUT2D eigenvalue weighted by atomic mass is 9.98. The molecule has 0 unspecified atom stereocenters. The first-order valence-corrected chi connectivity index (χ1v) is 7.44.